The highest BCUT2D eigenvalue weighted by atomic mass is 16.5. The second-order valence-electron chi connectivity index (χ2n) is 8.93. The standard InChI is InChI=1S/C26H27N5O4/c1-16-7-5-6-8-18(16)14-22-28-23(30-29-22)24(32)27-19-15-35-21-10-9-17(11-12-26(2,3)34)13-20(21)31(4)25(19)33/h5-10,13,19,34H,14-15H2,1-4H3,(H,27,32)(H,28,29,30). The lowest BCUT2D eigenvalue weighted by molar-refractivity contribution is -0.120. The third-order valence-corrected chi connectivity index (χ3v) is 5.53. The van der Waals surface area contributed by atoms with Crippen LogP contribution in [0.1, 0.15) is 47.0 Å². The van der Waals surface area contributed by atoms with Gasteiger partial charge in [0.05, 0.1) is 5.69 Å². The number of nitrogens with one attached hydrogen (secondary N) is 2. The van der Waals surface area contributed by atoms with Gasteiger partial charge in [-0.05, 0) is 50.1 Å². The van der Waals surface area contributed by atoms with E-state index in [-0.39, 0.29) is 18.3 Å². The highest BCUT2D eigenvalue weighted by Gasteiger charge is 2.31. The first-order chi connectivity index (χ1) is 16.6. The first-order valence-electron chi connectivity index (χ1n) is 11.2. The van der Waals surface area contributed by atoms with Gasteiger partial charge in [0, 0.05) is 19.0 Å². The highest BCUT2D eigenvalue weighted by molar-refractivity contribution is 6.02. The van der Waals surface area contributed by atoms with Gasteiger partial charge in [0.25, 0.3) is 11.8 Å². The fourth-order valence-corrected chi connectivity index (χ4v) is 3.59. The maximum absolute atomic E-state index is 13.1. The van der Waals surface area contributed by atoms with E-state index < -0.39 is 17.6 Å². The molecule has 3 N–H and O–H groups in total. The van der Waals surface area contributed by atoms with Gasteiger partial charge >= 0.3 is 0 Å². The normalized spacial score (nSPS) is 15.4. The lowest BCUT2D eigenvalue weighted by Crippen LogP contribution is -2.49. The Morgan fingerprint density at radius 1 is 1.31 bits per heavy atom. The molecule has 0 radical (unpaired) electrons. The van der Waals surface area contributed by atoms with Crippen molar-refractivity contribution >= 4 is 17.5 Å². The van der Waals surface area contributed by atoms with Gasteiger partial charge in [-0.25, -0.2) is 4.98 Å². The minimum Gasteiger partial charge on any atom is -0.489 e. The molecular weight excluding hydrogens is 446 g/mol. The summed E-state index contributed by atoms with van der Waals surface area (Å²) >= 11 is 0. The van der Waals surface area contributed by atoms with E-state index in [0.717, 1.165) is 11.1 Å². The molecule has 4 rings (SSSR count). The van der Waals surface area contributed by atoms with Crippen molar-refractivity contribution < 1.29 is 19.4 Å². The van der Waals surface area contributed by atoms with Crippen molar-refractivity contribution in [3.8, 4) is 17.6 Å². The number of anilines is 1. The summed E-state index contributed by atoms with van der Waals surface area (Å²) in [4.78, 5) is 31.6. The summed E-state index contributed by atoms with van der Waals surface area (Å²) in [5.74, 6) is 5.72. The van der Waals surface area contributed by atoms with Crippen LogP contribution in [-0.2, 0) is 11.2 Å². The first kappa shape index (κ1) is 24.0. The predicted octanol–water partition coefficient (Wildman–Crippen LogP) is 1.98. The number of aromatic nitrogens is 3. The Bertz CT molecular complexity index is 1330. The van der Waals surface area contributed by atoms with Gasteiger partial charge in [0.1, 0.15) is 29.8 Å². The van der Waals surface area contributed by atoms with Gasteiger partial charge < -0.3 is 20.1 Å². The average molecular weight is 474 g/mol. The van der Waals surface area contributed by atoms with E-state index in [2.05, 4.69) is 32.3 Å². The number of hydrogen-bond donors (Lipinski definition) is 3. The Kier molecular flexibility index (Phi) is 6.58. The van der Waals surface area contributed by atoms with Crippen molar-refractivity contribution in [1.29, 1.82) is 0 Å². The predicted molar refractivity (Wildman–Crippen MR) is 130 cm³/mol. The zero-order valence-corrected chi connectivity index (χ0v) is 20.0. The van der Waals surface area contributed by atoms with Crippen molar-refractivity contribution in [1.82, 2.24) is 20.5 Å². The van der Waals surface area contributed by atoms with Crippen LogP contribution >= 0.6 is 0 Å². The number of aryl methyl sites for hydroxylation is 1. The smallest absolute Gasteiger partial charge is 0.291 e. The van der Waals surface area contributed by atoms with E-state index in [1.165, 1.54) is 4.90 Å². The molecule has 35 heavy (non-hydrogen) atoms. The van der Waals surface area contributed by atoms with Gasteiger partial charge in [-0.1, -0.05) is 36.1 Å². The molecule has 2 heterocycles. The van der Waals surface area contributed by atoms with Gasteiger partial charge in [-0.15, -0.1) is 5.10 Å². The van der Waals surface area contributed by atoms with Crippen LogP contribution in [0.4, 0.5) is 5.69 Å². The van der Waals surface area contributed by atoms with Crippen LogP contribution in [0.5, 0.6) is 5.75 Å². The zero-order chi connectivity index (χ0) is 25.2. The van der Waals surface area contributed by atoms with Crippen LogP contribution in [0.3, 0.4) is 0 Å². The van der Waals surface area contributed by atoms with Crippen molar-refractivity contribution in [2.24, 2.45) is 0 Å². The fraction of sp³-hybridized carbons (Fsp3) is 0.308. The monoisotopic (exact) mass is 473 g/mol. The van der Waals surface area contributed by atoms with Gasteiger partial charge in [0.15, 0.2) is 0 Å². The molecule has 1 atom stereocenters. The molecule has 2 amide bonds. The molecule has 1 aliphatic rings. The number of ether oxygens (including phenoxy) is 1. The number of likely N-dealkylation sites (N-methyl/N-ethyl adjacent to an activating group) is 1. The molecule has 1 aliphatic heterocycles. The lowest BCUT2D eigenvalue weighted by atomic mass is 10.1. The van der Waals surface area contributed by atoms with E-state index in [0.29, 0.717) is 29.2 Å². The summed E-state index contributed by atoms with van der Waals surface area (Å²) in [5.41, 5.74) is 2.20. The van der Waals surface area contributed by atoms with Gasteiger partial charge in [-0.2, -0.15) is 0 Å². The van der Waals surface area contributed by atoms with E-state index in [1.807, 2.05) is 31.2 Å². The van der Waals surface area contributed by atoms with Crippen LogP contribution < -0.4 is 15.0 Å². The van der Waals surface area contributed by atoms with Crippen LogP contribution in [0.2, 0.25) is 0 Å². The Morgan fingerprint density at radius 2 is 2.09 bits per heavy atom. The quantitative estimate of drug-likeness (QED) is 0.499. The number of nitrogens with zero attached hydrogens (tertiary/aromatic N) is 3. The summed E-state index contributed by atoms with van der Waals surface area (Å²) in [5, 5.41) is 19.3. The van der Waals surface area contributed by atoms with Crippen LogP contribution in [-0.4, -0.2) is 57.4 Å². The second-order valence-corrected chi connectivity index (χ2v) is 8.93. The minimum atomic E-state index is -1.14. The summed E-state index contributed by atoms with van der Waals surface area (Å²) in [6, 6.07) is 12.2. The number of amides is 2. The first-order valence-corrected chi connectivity index (χ1v) is 11.2. The Balaban J connectivity index is 1.46. The number of carbonyl (C=O) groups is 2. The molecule has 9 nitrogen and oxygen atoms in total. The van der Waals surface area contributed by atoms with Crippen molar-refractivity contribution in [2.75, 3.05) is 18.6 Å². The highest BCUT2D eigenvalue weighted by Crippen LogP contribution is 2.31. The zero-order valence-electron chi connectivity index (χ0n) is 20.0. The second kappa shape index (κ2) is 9.60. The molecule has 1 aromatic heterocycles. The molecule has 1 unspecified atom stereocenters. The Hall–Kier alpha value is -4.16. The largest absolute Gasteiger partial charge is 0.489 e. The molecule has 0 fully saturated rings. The summed E-state index contributed by atoms with van der Waals surface area (Å²) in [7, 11) is 1.61. The van der Waals surface area contributed by atoms with Gasteiger partial charge in [0.2, 0.25) is 5.82 Å². The number of carbonyl (C=O) groups excluding carboxylic acids is 2. The Morgan fingerprint density at radius 3 is 2.83 bits per heavy atom. The van der Waals surface area contributed by atoms with Crippen molar-refractivity contribution in [3.63, 3.8) is 0 Å². The third kappa shape index (κ3) is 5.67. The van der Waals surface area contributed by atoms with Crippen LogP contribution in [0, 0.1) is 18.8 Å². The topological polar surface area (TPSA) is 120 Å². The minimum absolute atomic E-state index is 0.0445. The summed E-state index contributed by atoms with van der Waals surface area (Å²) < 4.78 is 5.81. The molecule has 9 heteroatoms. The number of aliphatic hydroxyl groups is 1. The van der Waals surface area contributed by atoms with Gasteiger partial charge in [-0.3, -0.25) is 14.7 Å². The summed E-state index contributed by atoms with van der Waals surface area (Å²) in [6.45, 7) is 5.15. The molecule has 0 spiro atoms. The number of fused-ring (bicyclic) bond motifs is 1. The Labute approximate surface area is 203 Å². The number of rotatable bonds is 4. The van der Waals surface area contributed by atoms with E-state index in [4.69, 9.17) is 4.74 Å². The SMILES string of the molecule is Cc1ccccc1Cc1nc(C(=O)NC2COc3ccc(C#CC(C)(C)O)cc3N(C)C2=O)n[nH]1. The number of benzene rings is 2. The third-order valence-electron chi connectivity index (χ3n) is 5.53. The molecular formula is C26H27N5O4. The molecule has 0 bridgehead atoms. The summed E-state index contributed by atoms with van der Waals surface area (Å²) in [6.07, 6.45) is 0.509. The maximum Gasteiger partial charge on any atom is 0.291 e. The average Bonchev–Trinajstić information content (AvgIpc) is 3.25. The fourth-order valence-electron chi connectivity index (χ4n) is 3.59. The van der Waals surface area contributed by atoms with Crippen molar-refractivity contribution in [3.05, 3.63) is 70.8 Å². The van der Waals surface area contributed by atoms with Crippen molar-refractivity contribution in [2.45, 2.75) is 38.8 Å². The molecule has 0 saturated carbocycles. The van der Waals surface area contributed by atoms with Crippen LogP contribution in [0.15, 0.2) is 42.5 Å². The molecule has 3 aromatic rings. The van der Waals surface area contributed by atoms with E-state index >= 15 is 0 Å². The molecule has 0 saturated heterocycles. The lowest BCUT2D eigenvalue weighted by Gasteiger charge is -2.20. The number of H-pyrrole nitrogens is 1. The number of aromatic amines is 1. The molecule has 2 aromatic carbocycles. The maximum atomic E-state index is 13.1. The molecule has 0 aliphatic carbocycles. The van der Waals surface area contributed by atoms with Crippen LogP contribution in [0.25, 0.3) is 0 Å². The number of hydrogen-bond acceptors (Lipinski definition) is 6. The van der Waals surface area contributed by atoms with E-state index in [1.54, 1.807) is 39.1 Å². The van der Waals surface area contributed by atoms with E-state index in [9.17, 15) is 14.7 Å². The molecule has 180 valence electrons.